The van der Waals surface area contributed by atoms with Crippen molar-refractivity contribution in [2.24, 2.45) is 0 Å². The van der Waals surface area contributed by atoms with Crippen LogP contribution in [0, 0.1) is 20.2 Å². The molecule has 8 nitrogen and oxygen atoms in total. The van der Waals surface area contributed by atoms with Gasteiger partial charge in [0, 0.05) is 29.7 Å². The van der Waals surface area contributed by atoms with Crippen LogP contribution >= 0.6 is 11.6 Å². The third kappa shape index (κ3) is 2.25. The minimum atomic E-state index is -0.515. The highest BCUT2D eigenvalue weighted by Gasteiger charge is 2.15. The van der Waals surface area contributed by atoms with Gasteiger partial charge < -0.3 is 0 Å². The summed E-state index contributed by atoms with van der Waals surface area (Å²) in [6.45, 7) is 0. The molecule has 110 valence electrons. The fourth-order valence-corrected chi connectivity index (χ4v) is 2.33. The van der Waals surface area contributed by atoms with Crippen LogP contribution in [0.15, 0.2) is 42.5 Å². The SMILES string of the molecule is O=[N+]([O-])c1ccc(-n2nc3ccc([N+](=O)[O-])cc3c2Cl)cc1. The van der Waals surface area contributed by atoms with Crippen molar-refractivity contribution in [3.63, 3.8) is 0 Å². The fourth-order valence-electron chi connectivity index (χ4n) is 2.04. The van der Waals surface area contributed by atoms with E-state index < -0.39 is 9.85 Å². The maximum atomic E-state index is 10.8. The van der Waals surface area contributed by atoms with E-state index in [0.29, 0.717) is 16.6 Å². The van der Waals surface area contributed by atoms with Crippen LogP contribution in [0.3, 0.4) is 0 Å². The lowest BCUT2D eigenvalue weighted by molar-refractivity contribution is -0.385. The van der Waals surface area contributed by atoms with Crippen LogP contribution in [0.25, 0.3) is 16.6 Å². The summed E-state index contributed by atoms with van der Waals surface area (Å²) in [5.74, 6) is 0. The second-order valence-electron chi connectivity index (χ2n) is 4.43. The quantitative estimate of drug-likeness (QED) is 0.543. The number of aromatic nitrogens is 2. The molecule has 0 saturated heterocycles. The Labute approximate surface area is 127 Å². The smallest absolute Gasteiger partial charge is 0.258 e. The zero-order valence-corrected chi connectivity index (χ0v) is 11.6. The van der Waals surface area contributed by atoms with E-state index in [1.165, 1.54) is 47.1 Å². The summed E-state index contributed by atoms with van der Waals surface area (Å²) in [4.78, 5) is 20.4. The molecule has 0 unspecified atom stereocenters. The van der Waals surface area contributed by atoms with Crippen LogP contribution in [0.4, 0.5) is 11.4 Å². The van der Waals surface area contributed by atoms with E-state index in [4.69, 9.17) is 11.6 Å². The fraction of sp³-hybridized carbons (Fsp3) is 0. The summed E-state index contributed by atoms with van der Waals surface area (Å²) in [6, 6.07) is 9.86. The van der Waals surface area contributed by atoms with Crippen molar-refractivity contribution in [3.05, 3.63) is 67.8 Å². The highest BCUT2D eigenvalue weighted by atomic mass is 35.5. The predicted octanol–water partition coefficient (Wildman–Crippen LogP) is 3.50. The molecule has 0 aliphatic carbocycles. The van der Waals surface area contributed by atoms with Gasteiger partial charge in [0.1, 0.15) is 5.15 Å². The Morgan fingerprint density at radius 1 is 0.955 bits per heavy atom. The van der Waals surface area contributed by atoms with Gasteiger partial charge in [0.2, 0.25) is 0 Å². The summed E-state index contributed by atoms with van der Waals surface area (Å²) in [6.07, 6.45) is 0. The molecule has 0 N–H and O–H groups in total. The van der Waals surface area contributed by atoms with Gasteiger partial charge in [-0.25, -0.2) is 4.68 Å². The first-order valence-corrected chi connectivity index (χ1v) is 6.42. The van der Waals surface area contributed by atoms with Crippen molar-refractivity contribution < 1.29 is 9.85 Å². The van der Waals surface area contributed by atoms with Crippen LogP contribution in [-0.4, -0.2) is 19.6 Å². The second kappa shape index (κ2) is 5.08. The molecule has 0 amide bonds. The molecule has 0 spiro atoms. The summed E-state index contributed by atoms with van der Waals surface area (Å²) >= 11 is 6.21. The molecule has 2 aromatic carbocycles. The van der Waals surface area contributed by atoms with Crippen LogP contribution in [0.1, 0.15) is 0 Å². The largest absolute Gasteiger partial charge is 0.270 e. The molecular formula is C13H7ClN4O4. The number of non-ortho nitro benzene ring substituents is 2. The first-order chi connectivity index (χ1) is 10.5. The number of fused-ring (bicyclic) bond motifs is 1. The van der Waals surface area contributed by atoms with E-state index in [-0.39, 0.29) is 16.5 Å². The van der Waals surface area contributed by atoms with Gasteiger partial charge in [-0.2, -0.15) is 5.10 Å². The van der Waals surface area contributed by atoms with E-state index >= 15 is 0 Å². The number of rotatable bonds is 3. The summed E-state index contributed by atoms with van der Waals surface area (Å²) in [5, 5.41) is 26.3. The zero-order chi connectivity index (χ0) is 15.9. The minimum absolute atomic E-state index is 0.0489. The van der Waals surface area contributed by atoms with Gasteiger partial charge in [-0.15, -0.1) is 0 Å². The number of nitro groups is 2. The molecule has 0 saturated carbocycles. The van der Waals surface area contributed by atoms with Crippen LogP contribution in [0.5, 0.6) is 0 Å². The molecule has 1 heterocycles. The topological polar surface area (TPSA) is 104 Å². The van der Waals surface area contributed by atoms with Crippen molar-refractivity contribution >= 4 is 33.9 Å². The van der Waals surface area contributed by atoms with E-state index in [9.17, 15) is 20.2 Å². The van der Waals surface area contributed by atoms with Crippen molar-refractivity contribution in [2.45, 2.75) is 0 Å². The third-order valence-corrected chi connectivity index (χ3v) is 3.48. The molecule has 0 aliphatic heterocycles. The molecule has 1 aromatic heterocycles. The molecule has 0 bridgehead atoms. The normalized spacial score (nSPS) is 10.8. The van der Waals surface area contributed by atoms with Gasteiger partial charge in [0.05, 0.1) is 21.1 Å². The number of hydrogen-bond acceptors (Lipinski definition) is 5. The van der Waals surface area contributed by atoms with Crippen LogP contribution < -0.4 is 0 Å². The Hall–Kier alpha value is -3.00. The average Bonchev–Trinajstić information content (AvgIpc) is 2.84. The van der Waals surface area contributed by atoms with Crippen LogP contribution in [-0.2, 0) is 0 Å². The number of benzene rings is 2. The average molecular weight is 319 g/mol. The van der Waals surface area contributed by atoms with Gasteiger partial charge in [-0.3, -0.25) is 20.2 Å². The molecular weight excluding hydrogens is 312 g/mol. The van der Waals surface area contributed by atoms with Gasteiger partial charge in [-0.05, 0) is 18.2 Å². The standard InChI is InChI=1S/C13H7ClN4O4/c14-13-11-7-10(18(21)22)5-6-12(11)15-16(13)8-1-3-9(4-2-8)17(19)20/h1-7H. The minimum Gasteiger partial charge on any atom is -0.258 e. The highest BCUT2D eigenvalue weighted by molar-refractivity contribution is 6.34. The molecule has 3 rings (SSSR count). The Balaban J connectivity index is 2.13. The number of nitrogens with zero attached hydrogens (tertiary/aromatic N) is 4. The van der Waals surface area contributed by atoms with Gasteiger partial charge in [0.25, 0.3) is 11.4 Å². The first kappa shape index (κ1) is 14.0. The number of hydrogen-bond donors (Lipinski definition) is 0. The lowest BCUT2D eigenvalue weighted by Crippen LogP contribution is -1.96. The molecule has 0 radical (unpaired) electrons. The van der Waals surface area contributed by atoms with E-state index in [2.05, 4.69) is 5.10 Å². The second-order valence-corrected chi connectivity index (χ2v) is 4.79. The van der Waals surface area contributed by atoms with Crippen molar-refractivity contribution in [1.82, 2.24) is 9.78 Å². The van der Waals surface area contributed by atoms with Crippen molar-refractivity contribution in [1.29, 1.82) is 0 Å². The third-order valence-electron chi connectivity index (χ3n) is 3.11. The molecule has 3 aromatic rings. The summed E-state index contributed by atoms with van der Waals surface area (Å²) in [5.41, 5.74) is 0.883. The first-order valence-electron chi connectivity index (χ1n) is 6.05. The Morgan fingerprint density at radius 3 is 2.14 bits per heavy atom. The highest BCUT2D eigenvalue weighted by Crippen LogP contribution is 2.29. The van der Waals surface area contributed by atoms with Crippen molar-refractivity contribution in [2.75, 3.05) is 0 Å². The lowest BCUT2D eigenvalue weighted by atomic mass is 10.2. The number of nitro benzene ring substituents is 2. The number of halogens is 1. The zero-order valence-electron chi connectivity index (χ0n) is 10.8. The predicted molar refractivity (Wildman–Crippen MR) is 79.4 cm³/mol. The summed E-state index contributed by atoms with van der Waals surface area (Å²) < 4.78 is 1.37. The maximum absolute atomic E-state index is 10.8. The Kier molecular flexibility index (Phi) is 3.22. The molecule has 0 aliphatic rings. The van der Waals surface area contributed by atoms with Gasteiger partial charge in [0.15, 0.2) is 0 Å². The monoisotopic (exact) mass is 318 g/mol. The van der Waals surface area contributed by atoms with E-state index in [0.717, 1.165) is 0 Å². The van der Waals surface area contributed by atoms with Gasteiger partial charge >= 0.3 is 0 Å². The summed E-state index contributed by atoms with van der Waals surface area (Å²) in [7, 11) is 0. The Bertz CT molecular complexity index is 904. The Morgan fingerprint density at radius 2 is 1.55 bits per heavy atom. The van der Waals surface area contributed by atoms with Crippen molar-refractivity contribution in [3.8, 4) is 5.69 Å². The molecule has 0 fully saturated rings. The molecule has 0 atom stereocenters. The van der Waals surface area contributed by atoms with E-state index in [1.54, 1.807) is 0 Å². The van der Waals surface area contributed by atoms with E-state index in [1.807, 2.05) is 0 Å². The molecule has 22 heavy (non-hydrogen) atoms. The van der Waals surface area contributed by atoms with Crippen LogP contribution in [0.2, 0.25) is 5.15 Å². The lowest BCUT2D eigenvalue weighted by Gasteiger charge is -2.02. The molecule has 9 heteroatoms. The maximum Gasteiger partial charge on any atom is 0.270 e. The van der Waals surface area contributed by atoms with Gasteiger partial charge in [-0.1, -0.05) is 11.6 Å².